The molecule has 30 heavy (non-hydrogen) atoms. The lowest BCUT2D eigenvalue weighted by Gasteiger charge is -2.15. The van der Waals surface area contributed by atoms with Gasteiger partial charge < -0.3 is 19.5 Å². The maximum Gasteiger partial charge on any atom is 0.251 e. The molecule has 1 amide bonds. The van der Waals surface area contributed by atoms with Gasteiger partial charge in [0.2, 0.25) is 10.0 Å². The first-order valence-corrected chi connectivity index (χ1v) is 11.1. The van der Waals surface area contributed by atoms with Gasteiger partial charge in [0.1, 0.15) is 23.9 Å². The lowest BCUT2D eigenvalue weighted by Crippen LogP contribution is -2.28. The van der Waals surface area contributed by atoms with E-state index in [-0.39, 0.29) is 24.0 Å². The van der Waals surface area contributed by atoms with Crippen LogP contribution in [0.3, 0.4) is 0 Å². The lowest BCUT2D eigenvalue weighted by atomic mass is 10.2. The summed E-state index contributed by atoms with van der Waals surface area (Å²) in [6, 6.07) is 11.3. The lowest BCUT2D eigenvalue weighted by molar-refractivity contribution is 0.0946. The van der Waals surface area contributed by atoms with Crippen LogP contribution in [0, 0.1) is 0 Å². The number of carbonyl (C=O) groups excluding carboxylic acids is 1. The second-order valence-corrected chi connectivity index (χ2v) is 8.73. The van der Waals surface area contributed by atoms with Gasteiger partial charge in [-0.2, -0.15) is 4.31 Å². The van der Waals surface area contributed by atoms with Gasteiger partial charge in [-0.15, -0.1) is 0 Å². The first-order chi connectivity index (χ1) is 14.4. The van der Waals surface area contributed by atoms with Crippen LogP contribution >= 0.6 is 0 Å². The van der Waals surface area contributed by atoms with Crippen LogP contribution in [-0.4, -0.2) is 59.1 Å². The number of benzene rings is 2. The van der Waals surface area contributed by atoms with E-state index >= 15 is 0 Å². The number of methoxy groups -OCH3 is 2. The number of hydrogen-bond acceptors (Lipinski definition) is 6. The predicted molar refractivity (Wildman–Crippen MR) is 112 cm³/mol. The number of rotatable bonds is 9. The summed E-state index contributed by atoms with van der Waals surface area (Å²) < 4.78 is 42.5. The minimum atomic E-state index is -3.43. The molecule has 2 aromatic rings. The molecule has 1 fully saturated rings. The molecule has 2 aromatic carbocycles. The average Bonchev–Trinajstić information content (AvgIpc) is 3.32. The topological polar surface area (TPSA) is 94.2 Å². The van der Waals surface area contributed by atoms with E-state index in [1.165, 1.54) is 18.5 Å². The summed E-state index contributed by atoms with van der Waals surface area (Å²) in [5.74, 6) is 1.31. The van der Waals surface area contributed by atoms with Crippen molar-refractivity contribution in [1.82, 2.24) is 9.62 Å². The minimum absolute atomic E-state index is 0.241. The molecular weight excluding hydrogens is 408 g/mol. The second-order valence-electron chi connectivity index (χ2n) is 6.79. The van der Waals surface area contributed by atoms with Gasteiger partial charge in [-0.05, 0) is 49.2 Å². The van der Waals surface area contributed by atoms with Gasteiger partial charge in [-0.25, -0.2) is 8.42 Å². The van der Waals surface area contributed by atoms with Crippen molar-refractivity contribution in [2.24, 2.45) is 0 Å². The monoisotopic (exact) mass is 434 g/mol. The van der Waals surface area contributed by atoms with Crippen LogP contribution < -0.4 is 19.5 Å². The summed E-state index contributed by atoms with van der Waals surface area (Å²) in [6.07, 6.45) is 1.80. The molecule has 3 rings (SSSR count). The maximum absolute atomic E-state index is 12.5. The molecule has 9 heteroatoms. The number of nitrogens with zero attached hydrogens (tertiary/aromatic N) is 1. The Balaban J connectivity index is 1.50. The molecule has 0 radical (unpaired) electrons. The van der Waals surface area contributed by atoms with Crippen molar-refractivity contribution in [3.05, 3.63) is 48.0 Å². The summed E-state index contributed by atoms with van der Waals surface area (Å²) in [6.45, 7) is 1.66. The van der Waals surface area contributed by atoms with Crippen LogP contribution in [0.1, 0.15) is 23.2 Å². The molecule has 1 saturated heterocycles. The van der Waals surface area contributed by atoms with Gasteiger partial charge in [0.25, 0.3) is 5.91 Å². The van der Waals surface area contributed by atoms with E-state index in [2.05, 4.69) is 5.32 Å². The molecule has 0 bridgehead atoms. The molecular formula is C21H26N2O6S. The molecule has 1 heterocycles. The molecule has 1 aliphatic heterocycles. The van der Waals surface area contributed by atoms with Gasteiger partial charge in [-0.3, -0.25) is 4.79 Å². The summed E-state index contributed by atoms with van der Waals surface area (Å²) in [4.78, 5) is 12.6. The average molecular weight is 435 g/mol. The zero-order valence-electron chi connectivity index (χ0n) is 17.1. The maximum atomic E-state index is 12.5. The Morgan fingerprint density at radius 1 is 0.967 bits per heavy atom. The van der Waals surface area contributed by atoms with E-state index in [0.717, 1.165) is 12.8 Å². The Morgan fingerprint density at radius 2 is 1.57 bits per heavy atom. The van der Waals surface area contributed by atoms with Crippen LogP contribution in [0.25, 0.3) is 0 Å². The van der Waals surface area contributed by atoms with E-state index in [1.807, 2.05) is 0 Å². The third kappa shape index (κ3) is 5.22. The largest absolute Gasteiger partial charge is 0.497 e. The van der Waals surface area contributed by atoms with Crippen molar-refractivity contribution < 1.29 is 27.4 Å². The van der Waals surface area contributed by atoms with Crippen molar-refractivity contribution in [3.63, 3.8) is 0 Å². The molecule has 0 aliphatic carbocycles. The molecule has 1 N–H and O–H groups in total. The Labute approximate surface area is 176 Å². The summed E-state index contributed by atoms with van der Waals surface area (Å²) in [7, 11) is -0.394. The van der Waals surface area contributed by atoms with E-state index in [0.29, 0.717) is 35.9 Å². The van der Waals surface area contributed by atoms with Crippen molar-refractivity contribution in [3.8, 4) is 17.2 Å². The van der Waals surface area contributed by atoms with Crippen molar-refractivity contribution in [2.45, 2.75) is 17.7 Å². The van der Waals surface area contributed by atoms with Crippen molar-refractivity contribution >= 4 is 15.9 Å². The second kappa shape index (κ2) is 9.82. The Kier molecular flexibility index (Phi) is 7.17. The zero-order chi connectivity index (χ0) is 21.6. The molecule has 0 unspecified atom stereocenters. The summed E-state index contributed by atoms with van der Waals surface area (Å²) in [5.41, 5.74) is 0.419. The van der Waals surface area contributed by atoms with Crippen LogP contribution in [0.4, 0.5) is 0 Å². The minimum Gasteiger partial charge on any atom is -0.497 e. The van der Waals surface area contributed by atoms with Gasteiger partial charge in [0.15, 0.2) is 0 Å². The first-order valence-electron chi connectivity index (χ1n) is 9.68. The normalized spacial score (nSPS) is 14.3. The van der Waals surface area contributed by atoms with Gasteiger partial charge in [0, 0.05) is 24.7 Å². The van der Waals surface area contributed by atoms with Crippen LogP contribution in [0.5, 0.6) is 17.2 Å². The highest BCUT2D eigenvalue weighted by atomic mass is 32.2. The third-order valence-electron chi connectivity index (χ3n) is 4.80. The SMILES string of the molecule is COc1cc(OC)cc(C(=O)NCCOc2ccc(S(=O)(=O)N3CCCC3)cc2)c1. The molecule has 1 aliphatic rings. The third-order valence-corrected chi connectivity index (χ3v) is 6.71. The highest BCUT2D eigenvalue weighted by Gasteiger charge is 2.26. The number of ether oxygens (including phenoxy) is 3. The Hall–Kier alpha value is -2.78. The summed E-state index contributed by atoms with van der Waals surface area (Å²) >= 11 is 0. The number of amides is 1. The fraction of sp³-hybridized carbons (Fsp3) is 0.381. The molecule has 0 saturated carbocycles. The quantitative estimate of drug-likeness (QED) is 0.609. The smallest absolute Gasteiger partial charge is 0.251 e. The highest BCUT2D eigenvalue weighted by Crippen LogP contribution is 2.23. The molecule has 0 aromatic heterocycles. The molecule has 8 nitrogen and oxygen atoms in total. The fourth-order valence-corrected chi connectivity index (χ4v) is 4.68. The van der Waals surface area contributed by atoms with E-state index in [9.17, 15) is 13.2 Å². The number of hydrogen-bond donors (Lipinski definition) is 1. The fourth-order valence-electron chi connectivity index (χ4n) is 3.16. The van der Waals surface area contributed by atoms with Crippen LogP contribution in [0.2, 0.25) is 0 Å². The summed E-state index contributed by atoms with van der Waals surface area (Å²) in [5, 5.41) is 2.77. The Bertz CT molecular complexity index is 947. The Morgan fingerprint density at radius 3 is 2.13 bits per heavy atom. The number of sulfonamides is 1. The highest BCUT2D eigenvalue weighted by molar-refractivity contribution is 7.89. The first kappa shape index (κ1) is 21.9. The van der Waals surface area contributed by atoms with Gasteiger partial charge in [-0.1, -0.05) is 0 Å². The molecule has 0 atom stereocenters. The van der Waals surface area contributed by atoms with Crippen LogP contribution in [-0.2, 0) is 10.0 Å². The van der Waals surface area contributed by atoms with Crippen molar-refractivity contribution in [1.29, 1.82) is 0 Å². The van der Waals surface area contributed by atoms with Gasteiger partial charge >= 0.3 is 0 Å². The zero-order valence-corrected chi connectivity index (χ0v) is 17.9. The molecule has 0 spiro atoms. The number of nitrogens with one attached hydrogen (secondary N) is 1. The standard InChI is InChI=1S/C21H26N2O6S/c1-27-18-13-16(14-19(15-18)28-2)21(24)22-9-12-29-17-5-7-20(8-6-17)30(25,26)23-10-3-4-11-23/h5-8,13-15H,3-4,9-12H2,1-2H3,(H,22,24). The van der Waals surface area contributed by atoms with E-state index in [1.54, 1.807) is 42.5 Å². The van der Waals surface area contributed by atoms with Gasteiger partial charge in [0.05, 0.1) is 25.7 Å². The van der Waals surface area contributed by atoms with E-state index < -0.39 is 10.0 Å². The number of carbonyl (C=O) groups is 1. The van der Waals surface area contributed by atoms with E-state index in [4.69, 9.17) is 14.2 Å². The van der Waals surface area contributed by atoms with Crippen molar-refractivity contribution in [2.75, 3.05) is 40.5 Å². The molecule has 162 valence electrons. The predicted octanol–water partition coefficient (Wildman–Crippen LogP) is 2.30. The van der Waals surface area contributed by atoms with Crippen LogP contribution in [0.15, 0.2) is 47.4 Å².